The molecule has 0 unspecified atom stereocenters. The fourth-order valence-corrected chi connectivity index (χ4v) is 3.96. The van der Waals surface area contributed by atoms with Gasteiger partial charge in [-0.25, -0.2) is 0 Å². The number of thioether (sulfide) groups is 1. The molecular formula is C21H21N5OS. The van der Waals surface area contributed by atoms with Crippen molar-refractivity contribution in [3.05, 3.63) is 70.8 Å². The van der Waals surface area contributed by atoms with Crippen molar-refractivity contribution in [2.75, 3.05) is 31.1 Å². The summed E-state index contributed by atoms with van der Waals surface area (Å²) in [5, 5.41) is 9.18. The molecule has 1 amide bonds. The summed E-state index contributed by atoms with van der Waals surface area (Å²) in [4.78, 5) is 21.5. The molecule has 7 heteroatoms. The molecule has 2 aliphatic rings. The monoisotopic (exact) mass is 391 g/mol. The zero-order valence-electron chi connectivity index (χ0n) is 15.7. The first kappa shape index (κ1) is 18.4. The van der Waals surface area contributed by atoms with Crippen LogP contribution in [0.1, 0.15) is 11.3 Å². The molecule has 0 aliphatic carbocycles. The summed E-state index contributed by atoms with van der Waals surface area (Å²) < 4.78 is 0. The SMILES string of the molecule is Cc1ccc(N2CCN(C3=NC(=O)C(=CC=Cc4ccccc4)S3)CC2)nn1. The van der Waals surface area contributed by atoms with E-state index in [1.807, 2.05) is 67.6 Å². The number of carbonyl (C=O) groups is 1. The van der Waals surface area contributed by atoms with Crippen molar-refractivity contribution in [3.8, 4) is 0 Å². The van der Waals surface area contributed by atoms with Crippen molar-refractivity contribution < 1.29 is 4.79 Å². The number of hydrogen-bond donors (Lipinski definition) is 0. The number of anilines is 1. The number of aromatic nitrogens is 2. The van der Waals surface area contributed by atoms with Crippen molar-refractivity contribution in [1.82, 2.24) is 15.1 Å². The largest absolute Gasteiger partial charge is 0.352 e. The van der Waals surface area contributed by atoms with Gasteiger partial charge in [-0.05, 0) is 42.5 Å². The van der Waals surface area contributed by atoms with E-state index in [0.29, 0.717) is 4.91 Å². The number of aryl methyl sites for hydroxylation is 1. The smallest absolute Gasteiger partial charge is 0.286 e. The second-order valence-electron chi connectivity index (χ2n) is 6.61. The molecule has 2 aliphatic heterocycles. The predicted molar refractivity (Wildman–Crippen MR) is 114 cm³/mol. The Morgan fingerprint density at radius 3 is 2.43 bits per heavy atom. The molecule has 1 saturated heterocycles. The highest BCUT2D eigenvalue weighted by atomic mass is 32.2. The van der Waals surface area contributed by atoms with Gasteiger partial charge in [-0.1, -0.05) is 42.5 Å². The lowest BCUT2D eigenvalue weighted by atomic mass is 10.2. The second kappa shape index (κ2) is 8.39. The molecule has 1 aromatic heterocycles. The zero-order valence-corrected chi connectivity index (χ0v) is 16.5. The van der Waals surface area contributed by atoms with Crippen LogP contribution in [-0.2, 0) is 4.79 Å². The maximum atomic E-state index is 12.2. The quantitative estimate of drug-likeness (QED) is 0.749. The van der Waals surface area contributed by atoms with Gasteiger partial charge in [0.05, 0.1) is 10.6 Å². The van der Waals surface area contributed by atoms with Crippen LogP contribution >= 0.6 is 11.8 Å². The van der Waals surface area contributed by atoms with Gasteiger partial charge < -0.3 is 9.80 Å². The molecule has 0 atom stereocenters. The van der Waals surface area contributed by atoms with Gasteiger partial charge in [0, 0.05) is 26.2 Å². The maximum Gasteiger partial charge on any atom is 0.286 e. The number of benzene rings is 1. The van der Waals surface area contributed by atoms with Gasteiger partial charge in [0.15, 0.2) is 11.0 Å². The third-order valence-electron chi connectivity index (χ3n) is 4.60. The Morgan fingerprint density at radius 2 is 1.71 bits per heavy atom. The number of amides is 1. The third kappa shape index (κ3) is 4.31. The Morgan fingerprint density at radius 1 is 0.964 bits per heavy atom. The fraction of sp³-hybridized carbons (Fsp3) is 0.238. The Balaban J connectivity index is 1.34. The van der Waals surface area contributed by atoms with Crippen molar-refractivity contribution in [3.63, 3.8) is 0 Å². The van der Waals surface area contributed by atoms with Crippen LogP contribution in [0.25, 0.3) is 6.08 Å². The van der Waals surface area contributed by atoms with E-state index in [1.165, 1.54) is 11.8 Å². The molecule has 0 spiro atoms. The number of allylic oxidation sites excluding steroid dienone is 2. The minimum atomic E-state index is -0.162. The van der Waals surface area contributed by atoms with E-state index < -0.39 is 0 Å². The van der Waals surface area contributed by atoms with Gasteiger partial charge in [-0.2, -0.15) is 10.1 Å². The van der Waals surface area contributed by atoms with Crippen LogP contribution in [0.2, 0.25) is 0 Å². The van der Waals surface area contributed by atoms with E-state index in [0.717, 1.165) is 48.4 Å². The zero-order chi connectivity index (χ0) is 19.3. The van der Waals surface area contributed by atoms with Crippen LogP contribution in [-0.4, -0.2) is 52.4 Å². The van der Waals surface area contributed by atoms with Gasteiger partial charge >= 0.3 is 0 Å². The number of aliphatic imine (C=N–C) groups is 1. The van der Waals surface area contributed by atoms with E-state index in [-0.39, 0.29) is 5.91 Å². The van der Waals surface area contributed by atoms with Crippen LogP contribution in [0.5, 0.6) is 0 Å². The van der Waals surface area contributed by atoms with Crippen molar-refractivity contribution in [1.29, 1.82) is 0 Å². The highest BCUT2D eigenvalue weighted by Crippen LogP contribution is 2.29. The number of amidine groups is 1. The minimum absolute atomic E-state index is 0.162. The first-order valence-corrected chi connectivity index (χ1v) is 10.1. The molecule has 2 aromatic rings. The summed E-state index contributed by atoms with van der Waals surface area (Å²) >= 11 is 1.45. The predicted octanol–water partition coefficient (Wildman–Crippen LogP) is 3.13. The molecule has 1 fully saturated rings. The molecule has 0 radical (unpaired) electrons. The average Bonchev–Trinajstić information content (AvgIpc) is 3.10. The molecule has 142 valence electrons. The maximum absolute atomic E-state index is 12.2. The molecule has 1 aromatic carbocycles. The first-order chi connectivity index (χ1) is 13.7. The first-order valence-electron chi connectivity index (χ1n) is 9.23. The average molecular weight is 392 g/mol. The molecule has 0 N–H and O–H groups in total. The topological polar surface area (TPSA) is 61.7 Å². The number of hydrogen-bond acceptors (Lipinski definition) is 6. The Labute approximate surface area is 168 Å². The normalized spacial score (nSPS) is 19.0. The number of carbonyl (C=O) groups excluding carboxylic acids is 1. The van der Waals surface area contributed by atoms with E-state index in [1.54, 1.807) is 0 Å². The van der Waals surface area contributed by atoms with Crippen molar-refractivity contribution >= 4 is 34.7 Å². The summed E-state index contributed by atoms with van der Waals surface area (Å²) in [6.45, 7) is 5.21. The van der Waals surface area contributed by atoms with Crippen LogP contribution in [0, 0.1) is 6.92 Å². The fourth-order valence-electron chi connectivity index (χ4n) is 3.05. The van der Waals surface area contributed by atoms with E-state index >= 15 is 0 Å². The standard InChI is InChI=1S/C21H21N5OS/c1-16-10-11-19(24-23-16)25-12-14-26(15-13-25)21-22-20(27)18(28-21)9-5-8-17-6-3-2-4-7-17/h2-11H,12-15H2,1H3. The van der Waals surface area contributed by atoms with E-state index in [4.69, 9.17) is 0 Å². The third-order valence-corrected chi connectivity index (χ3v) is 5.67. The van der Waals surface area contributed by atoms with Gasteiger partial charge in [0.2, 0.25) is 0 Å². The number of nitrogens with zero attached hydrogens (tertiary/aromatic N) is 5. The molecule has 0 saturated carbocycles. The summed E-state index contributed by atoms with van der Waals surface area (Å²) in [6, 6.07) is 14.0. The molecule has 6 nitrogen and oxygen atoms in total. The lowest BCUT2D eigenvalue weighted by Crippen LogP contribution is -2.48. The lowest BCUT2D eigenvalue weighted by Gasteiger charge is -2.35. The number of piperazine rings is 1. The Bertz CT molecular complexity index is 929. The molecule has 0 bridgehead atoms. The summed E-state index contributed by atoms with van der Waals surface area (Å²) in [7, 11) is 0. The van der Waals surface area contributed by atoms with Gasteiger partial charge in [-0.3, -0.25) is 4.79 Å². The molecule has 3 heterocycles. The highest BCUT2D eigenvalue weighted by Gasteiger charge is 2.28. The van der Waals surface area contributed by atoms with Crippen LogP contribution in [0.4, 0.5) is 5.82 Å². The Kier molecular flexibility index (Phi) is 5.53. The van der Waals surface area contributed by atoms with Crippen LogP contribution < -0.4 is 4.90 Å². The minimum Gasteiger partial charge on any atom is -0.352 e. The molecular weight excluding hydrogens is 370 g/mol. The molecule has 4 rings (SSSR count). The van der Waals surface area contributed by atoms with E-state index in [2.05, 4.69) is 25.0 Å². The molecule has 28 heavy (non-hydrogen) atoms. The summed E-state index contributed by atoms with van der Waals surface area (Å²) in [5.74, 6) is 0.735. The van der Waals surface area contributed by atoms with E-state index in [9.17, 15) is 4.79 Å². The van der Waals surface area contributed by atoms with Crippen molar-refractivity contribution in [2.24, 2.45) is 4.99 Å². The van der Waals surface area contributed by atoms with Gasteiger partial charge in [0.1, 0.15) is 0 Å². The summed E-state index contributed by atoms with van der Waals surface area (Å²) in [5.41, 5.74) is 2.02. The Hall–Kier alpha value is -2.93. The highest BCUT2D eigenvalue weighted by molar-refractivity contribution is 8.18. The summed E-state index contributed by atoms with van der Waals surface area (Å²) in [6.07, 6.45) is 5.73. The van der Waals surface area contributed by atoms with Crippen molar-refractivity contribution in [2.45, 2.75) is 6.92 Å². The number of rotatable bonds is 3. The van der Waals surface area contributed by atoms with Gasteiger partial charge in [0.25, 0.3) is 5.91 Å². The van der Waals surface area contributed by atoms with Gasteiger partial charge in [-0.15, -0.1) is 5.10 Å². The van der Waals surface area contributed by atoms with Crippen LogP contribution in [0.3, 0.4) is 0 Å². The van der Waals surface area contributed by atoms with Crippen LogP contribution in [0.15, 0.2) is 64.5 Å². The second-order valence-corrected chi connectivity index (χ2v) is 7.62. The lowest BCUT2D eigenvalue weighted by molar-refractivity contribution is -0.113.